The van der Waals surface area contributed by atoms with Crippen molar-refractivity contribution in [3.63, 3.8) is 0 Å². The number of ether oxygens (including phenoxy) is 2. The van der Waals surface area contributed by atoms with E-state index in [9.17, 15) is 4.79 Å². The molecule has 1 amide bonds. The van der Waals surface area contributed by atoms with Crippen LogP contribution in [0.2, 0.25) is 0 Å². The highest BCUT2D eigenvalue weighted by atomic mass is 32.1. The van der Waals surface area contributed by atoms with E-state index in [-0.39, 0.29) is 18.1 Å². The van der Waals surface area contributed by atoms with Gasteiger partial charge in [0.15, 0.2) is 0 Å². The van der Waals surface area contributed by atoms with Crippen LogP contribution < -0.4 is 0 Å². The number of amides is 1. The highest BCUT2D eigenvalue weighted by Crippen LogP contribution is 2.25. The maximum atomic E-state index is 12.6. The molecule has 122 valence electrons. The predicted octanol–water partition coefficient (Wildman–Crippen LogP) is 0.408. The first-order chi connectivity index (χ1) is 10.7. The SMILES string of the molecule is COCCN1CCO[C@H]2CCN(C(=O)c3snnc3C)C[C@@H]21. The van der Waals surface area contributed by atoms with E-state index in [4.69, 9.17) is 9.47 Å². The minimum absolute atomic E-state index is 0.0446. The van der Waals surface area contributed by atoms with E-state index in [2.05, 4.69) is 14.5 Å². The number of rotatable bonds is 4. The standard InChI is InChI=1S/C14H22N4O3S/c1-10-13(22-16-15-10)14(19)18-4-3-12-11(9-18)17(5-7-20-2)6-8-21-12/h11-12H,3-9H2,1-2H3/t11-,12-/m0/s1. The van der Waals surface area contributed by atoms with E-state index in [0.717, 1.165) is 32.7 Å². The average molecular weight is 326 g/mol. The molecule has 0 saturated carbocycles. The Balaban J connectivity index is 1.69. The van der Waals surface area contributed by atoms with Crippen molar-refractivity contribution in [1.29, 1.82) is 0 Å². The summed E-state index contributed by atoms with van der Waals surface area (Å²) in [5.41, 5.74) is 0.716. The molecule has 0 N–H and O–H groups in total. The molecule has 0 aliphatic carbocycles. The molecular formula is C14H22N4O3S. The summed E-state index contributed by atoms with van der Waals surface area (Å²) in [5.74, 6) is 0.0446. The molecule has 0 spiro atoms. The third-order valence-corrected chi connectivity index (χ3v) is 5.23. The van der Waals surface area contributed by atoms with E-state index < -0.39 is 0 Å². The fourth-order valence-corrected chi connectivity index (χ4v) is 3.81. The van der Waals surface area contributed by atoms with Crippen LogP contribution in [0.15, 0.2) is 0 Å². The van der Waals surface area contributed by atoms with Gasteiger partial charge in [-0.1, -0.05) is 4.49 Å². The highest BCUT2D eigenvalue weighted by Gasteiger charge is 2.38. The molecule has 8 heteroatoms. The summed E-state index contributed by atoms with van der Waals surface area (Å²) in [4.78, 5) is 17.6. The van der Waals surface area contributed by atoms with Gasteiger partial charge in [0.2, 0.25) is 0 Å². The second-order valence-electron chi connectivity index (χ2n) is 5.73. The van der Waals surface area contributed by atoms with Gasteiger partial charge < -0.3 is 14.4 Å². The van der Waals surface area contributed by atoms with Crippen LogP contribution in [0.5, 0.6) is 0 Å². The van der Waals surface area contributed by atoms with Gasteiger partial charge in [0.05, 0.1) is 31.1 Å². The molecule has 1 aromatic heterocycles. The summed E-state index contributed by atoms with van der Waals surface area (Å²) in [6, 6.07) is 0.253. The fraction of sp³-hybridized carbons (Fsp3) is 0.786. The number of carbonyl (C=O) groups excluding carboxylic acids is 1. The lowest BCUT2D eigenvalue weighted by molar-refractivity contribution is -0.101. The van der Waals surface area contributed by atoms with E-state index in [1.54, 1.807) is 7.11 Å². The first-order valence-corrected chi connectivity index (χ1v) is 8.41. The van der Waals surface area contributed by atoms with Gasteiger partial charge in [-0.15, -0.1) is 5.10 Å². The summed E-state index contributed by atoms with van der Waals surface area (Å²) in [5, 5.41) is 3.94. The number of carbonyl (C=O) groups is 1. The van der Waals surface area contributed by atoms with Crippen LogP contribution in [0, 0.1) is 6.92 Å². The molecule has 0 unspecified atom stereocenters. The lowest BCUT2D eigenvalue weighted by Crippen LogP contribution is -2.61. The summed E-state index contributed by atoms with van der Waals surface area (Å²) in [6.07, 6.45) is 1.10. The Hall–Kier alpha value is -1.09. The Morgan fingerprint density at radius 1 is 1.50 bits per heavy atom. The number of morpholine rings is 1. The molecule has 7 nitrogen and oxygen atoms in total. The summed E-state index contributed by atoms with van der Waals surface area (Å²) in [7, 11) is 1.72. The Kier molecular flexibility index (Phi) is 5.02. The van der Waals surface area contributed by atoms with Crippen LogP contribution in [-0.2, 0) is 9.47 Å². The van der Waals surface area contributed by atoms with Crippen LogP contribution in [0.25, 0.3) is 0 Å². The second kappa shape index (κ2) is 6.99. The Labute approximate surface area is 134 Å². The molecule has 0 bridgehead atoms. The number of aromatic nitrogens is 2. The van der Waals surface area contributed by atoms with E-state index >= 15 is 0 Å². The number of nitrogens with zero attached hydrogens (tertiary/aromatic N) is 4. The van der Waals surface area contributed by atoms with Crippen molar-refractivity contribution in [1.82, 2.24) is 19.4 Å². The van der Waals surface area contributed by atoms with Crippen molar-refractivity contribution in [3.05, 3.63) is 10.6 Å². The fourth-order valence-electron chi connectivity index (χ4n) is 3.18. The number of hydrogen-bond donors (Lipinski definition) is 0. The molecule has 22 heavy (non-hydrogen) atoms. The van der Waals surface area contributed by atoms with Crippen molar-refractivity contribution in [3.8, 4) is 0 Å². The van der Waals surface area contributed by atoms with Crippen molar-refractivity contribution in [2.75, 3.05) is 46.5 Å². The largest absolute Gasteiger partial charge is 0.383 e. The number of hydrogen-bond acceptors (Lipinski definition) is 7. The summed E-state index contributed by atoms with van der Waals surface area (Å²) >= 11 is 1.18. The monoisotopic (exact) mass is 326 g/mol. The van der Waals surface area contributed by atoms with Crippen molar-refractivity contribution < 1.29 is 14.3 Å². The van der Waals surface area contributed by atoms with Gasteiger partial charge in [0.25, 0.3) is 5.91 Å². The minimum atomic E-state index is 0.0446. The lowest BCUT2D eigenvalue weighted by atomic mass is 9.98. The molecular weight excluding hydrogens is 304 g/mol. The van der Waals surface area contributed by atoms with Crippen LogP contribution in [0.3, 0.4) is 0 Å². The number of fused-ring (bicyclic) bond motifs is 1. The maximum Gasteiger partial charge on any atom is 0.267 e. The zero-order valence-corrected chi connectivity index (χ0v) is 13.8. The predicted molar refractivity (Wildman–Crippen MR) is 82.1 cm³/mol. The Morgan fingerprint density at radius 3 is 3.09 bits per heavy atom. The number of methoxy groups -OCH3 is 1. The second-order valence-corrected chi connectivity index (χ2v) is 6.49. The third kappa shape index (κ3) is 3.15. The molecule has 1 aromatic rings. The van der Waals surface area contributed by atoms with E-state index in [1.807, 2.05) is 11.8 Å². The van der Waals surface area contributed by atoms with Crippen molar-refractivity contribution in [2.24, 2.45) is 0 Å². The first-order valence-electron chi connectivity index (χ1n) is 7.63. The quantitative estimate of drug-likeness (QED) is 0.798. The summed E-state index contributed by atoms with van der Waals surface area (Å²) in [6.45, 7) is 6.50. The maximum absolute atomic E-state index is 12.6. The van der Waals surface area contributed by atoms with Crippen molar-refractivity contribution in [2.45, 2.75) is 25.5 Å². The van der Waals surface area contributed by atoms with Crippen molar-refractivity contribution >= 4 is 17.4 Å². The van der Waals surface area contributed by atoms with Gasteiger partial charge in [-0.05, 0) is 24.9 Å². The molecule has 3 rings (SSSR count). The highest BCUT2D eigenvalue weighted by molar-refractivity contribution is 7.07. The molecule has 0 aromatic carbocycles. The Bertz CT molecular complexity index is 524. The molecule has 2 aliphatic heterocycles. The van der Waals surface area contributed by atoms with Gasteiger partial charge in [0, 0.05) is 33.3 Å². The normalized spacial score (nSPS) is 26.0. The molecule has 2 aliphatic rings. The molecule has 2 atom stereocenters. The van der Waals surface area contributed by atoms with E-state index in [1.165, 1.54) is 11.5 Å². The number of aryl methyl sites for hydroxylation is 1. The summed E-state index contributed by atoms with van der Waals surface area (Å²) < 4.78 is 15.0. The van der Waals surface area contributed by atoms with Crippen LogP contribution >= 0.6 is 11.5 Å². The molecule has 3 heterocycles. The van der Waals surface area contributed by atoms with Gasteiger partial charge in [-0.25, -0.2) is 0 Å². The van der Waals surface area contributed by atoms with Crippen LogP contribution in [0.1, 0.15) is 21.8 Å². The van der Waals surface area contributed by atoms with Crippen LogP contribution in [-0.4, -0.2) is 83.9 Å². The molecule has 0 radical (unpaired) electrons. The lowest BCUT2D eigenvalue weighted by Gasteiger charge is -2.47. The zero-order chi connectivity index (χ0) is 15.5. The number of likely N-dealkylation sites (tertiary alicyclic amines) is 1. The van der Waals surface area contributed by atoms with Gasteiger partial charge in [0.1, 0.15) is 4.88 Å². The van der Waals surface area contributed by atoms with Gasteiger partial charge >= 0.3 is 0 Å². The molecule has 2 fully saturated rings. The average Bonchev–Trinajstić information content (AvgIpc) is 2.97. The Morgan fingerprint density at radius 2 is 2.36 bits per heavy atom. The zero-order valence-electron chi connectivity index (χ0n) is 13.0. The van der Waals surface area contributed by atoms with Gasteiger partial charge in [-0.2, -0.15) is 0 Å². The topological polar surface area (TPSA) is 67.8 Å². The number of piperidine rings is 1. The van der Waals surface area contributed by atoms with Gasteiger partial charge in [-0.3, -0.25) is 9.69 Å². The molecule has 2 saturated heterocycles. The van der Waals surface area contributed by atoms with Crippen LogP contribution in [0.4, 0.5) is 0 Å². The van der Waals surface area contributed by atoms with E-state index in [0.29, 0.717) is 23.7 Å². The smallest absolute Gasteiger partial charge is 0.267 e. The first kappa shape index (κ1) is 15.8. The third-order valence-electron chi connectivity index (χ3n) is 4.42. The minimum Gasteiger partial charge on any atom is -0.383 e.